The van der Waals surface area contributed by atoms with Crippen LogP contribution < -0.4 is 10.2 Å². The third-order valence-electron chi connectivity index (χ3n) is 3.76. The van der Waals surface area contributed by atoms with E-state index in [2.05, 4.69) is 27.1 Å². The number of hydrogen-bond donors (Lipinski definition) is 1. The van der Waals surface area contributed by atoms with Gasteiger partial charge in [-0.3, -0.25) is 0 Å². The molecular formula is C12H18N4. The average Bonchev–Trinajstić information content (AvgIpc) is 2.90. The highest BCUT2D eigenvalue weighted by molar-refractivity contribution is 5.35. The van der Waals surface area contributed by atoms with Crippen molar-refractivity contribution in [2.75, 3.05) is 24.5 Å². The second-order valence-electron chi connectivity index (χ2n) is 4.67. The van der Waals surface area contributed by atoms with Gasteiger partial charge in [0, 0.05) is 37.6 Å². The molecule has 86 valence electrons. The van der Waals surface area contributed by atoms with E-state index in [9.17, 15) is 0 Å². The van der Waals surface area contributed by atoms with Gasteiger partial charge >= 0.3 is 0 Å². The van der Waals surface area contributed by atoms with Crippen molar-refractivity contribution in [1.29, 1.82) is 0 Å². The lowest BCUT2D eigenvalue weighted by Gasteiger charge is -2.23. The molecule has 1 N–H and O–H groups in total. The molecule has 2 fully saturated rings. The normalized spacial score (nSPS) is 28.4. The van der Waals surface area contributed by atoms with E-state index in [1.54, 1.807) is 0 Å². The average molecular weight is 218 g/mol. The highest BCUT2D eigenvalue weighted by atomic mass is 15.3. The van der Waals surface area contributed by atoms with Gasteiger partial charge in [0.25, 0.3) is 0 Å². The molecule has 0 aliphatic carbocycles. The summed E-state index contributed by atoms with van der Waals surface area (Å²) in [5.74, 6) is 1.73. The van der Waals surface area contributed by atoms with Crippen molar-refractivity contribution in [3.05, 3.63) is 18.0 Å². The first-order valence-electron chi connectivity index (χ1n) is 6.17. The van der Waals surface area contributed by atoms with Gasteiger partial charge in [-0.1, -0.05) is 6.92 Å². The lowest BCUT2D eigenvalue weighted by Crippen LogP contribution is -2.35. The molecule has 0 bridgehead atoms. The highest BCUT2D eigenvalue weighted by Crippen LogP contribution is 2.29. The maximum absolute atomic E-state index is 4.62. The van der Waals surface area contributed by atoms with E-state index in [4.69, 9.17) is 0 Å². The van der Waals surface area contributed by atoms with E-state index in [1.165, 1.54) is 6.42 Å². The summed E-state index contributed by atoms with van der Waals surface area (Å²) in [5.41, 5.74) is 1.14. The van der Waals surface area contributed by atoms with Crippen molar-refractivity contribution in [2.24, 2.45) is 5.92 Å². The van der Waals surface area contributed by atoms with Gasteiger partial charge in [0.1, 0.15) is 0 Å². The monoisotopic (exact) mass is 218 g/mol. The first kappa shape index (κ1) is 10.0. The first-order chi connectivity index (χ1) is 7.88. The van der Waals surface area contributed by atoms with Crippen LogP contribution in [-0.2, 0) is 6.42 Å². The zero-order valence-electron chi connectivity index (χ0n) is 9.69. The summed E-state index contributed by atoms with van der Waals surface area (Å²) < 4.78 is 0. The minimum absolute atomic E-state index is 0.618. The van der Waals surface area contributed by atoms with Crippen molar-refractivity contribution >= 4 is 5.95 Å². The van der Waals surface area contributed by atoms with Crippen molar-refractivity contribution in [3.8, 4) is 0 Å². The molecule has 3 heterocycles. The minimum Gasteiger partial charge on any atom is -0.336 e. The summed E-state index contributed by atoms with van der Waals surface area (Å²) in [7, 11) is 0. The highest BCUT2D eigenvalue weighted by Gasteiger charge is 2.38. The van der Waals surface area contributed by atoms with Crippen molar-refractivity contribution in [2.45, 2.75) is 25.8 Å². The molecule has 16 heavy (non-hydrogen) atoms. The third kappa shape index (κ3) is 1.57. The van der Waals surface area contributed by atoms with Crippen LogP contribution in [0.1, 0.15) is 19.0 Å². The standard InChI is InChI=1S/C12H18N4/c1-2-10-3-5-14-12(15-10)16-6-4-9-7-13-8-11(9)16/h3,5,9,11,13H,2,4,6-8H2,1H3/t9-,11-/m0/s1. The van der Waals surface area contributed by atoms with Crippen LogP contribution >= 0.6 is 0 Å². The zero-order valence-corrected chi connectivity index (χ0v) is 9.69. The molecule has 0 radical (unpaired) electrons. The Morgan fingerprint density at radius 1 is 1.50 bits per heavy atom. The summed E-state index contributed by atoms with van der Waals surface area (Å²) in [5, 5.41) is 3.46. The quantitative estimate of drug-likeness (QED) is 0.798. The fraction of sp³-hybridized carbons (Fsp3) is 0.667. The summed E-state index contributed by atoms with van der Waals surface area (Å²) in [4.78, 5) is 11.4. The number of rotatable bonds is 2. The lowest BCUT2D eigenvalue weighted by atomic mass is 10.1. The number of nitrogens with one attached hydrogen (secondary N) is 1. The van der Waals surface area contributed by atoms with Crippen molar-refractivity contribution < 1.29 is 0 Å². The van der Waals surface area contributed by atoms with Crippen LogP contribution in [0, 0.1) is 5.92 Å². The van der Waals surface area contributed by atoms with Crippen LogP contribution in [0.15, 0.2) is 12.3 Å². The largest absolute Gasteiger partial charge is 0.336 e. The van der Waals surface area contributed by atoms with Gasteiger partial charge in [0.05, 0.1) is 0 Å². The van der Waals surface area contributed by atoms with E-state index in [-0.39, 0.29) is 0 Å². The van der Waals surface area contributed by atoms with Gasteiger partial charge < -0.3 is 10.2 Å². The molecule has 2 saturated heterocycles. The van der Waals surface area contributed by atoms with E-state index >= 15 is 0 Å². The fourth-order valence-corrected chi connectivity index (χ4v) is 2.82. The zero-order chi connectivity index (χ0) is 11.0. The second kappa shape index (κ2) is 4.01. The smallest absolute Gasteiger partial charge is 0.225 e. The maximum atomic E-state index is 4.62. The fourth-order valence-electron chi connectivity index (χ4n) is 2.82. The summed E-state index contributed by atoms with van der Waals surface area (Å²) in [6, 6.07) is 2.62. The molecule has 0 unspecified atom stereocenters. The molecule has 4 nitrogen and oxygen atoms in total. The number of nitrogens with zero attached hydrogens (tertiary/aromatic N) is 3. The Kier molecular flexibility index (Phi) is 2.52. The Bertz CT molecular complexity index is 379. The van der Waals surface area contributed by atoms with E-state index in [0.717, 1.165) is 43.6 Å². The van der Waals surface area contributed by atoms with E-state index in [0.29, 0.717) is 6.04 Å². The molecule has 0 aromatic carbocycles. The van der Waals surface area contributed by atoms with Gasteiger partial charge in [0.2, 0.25) is 5.95 Å². The second-order valence-corrected chi connectivity index (χ2v) is 4.67. The van der Waals surface area contributed by atoms with Crippen LogP contribution in [0.4, 0.5) is 5.95 Å². The summed E-state index contributed by atoms with van der Waals surface area (Å²) in [6.07, 6.45) is 4.14. The molecule has 3 rings (SSSR count). The van der Waals surface area contributed by atoms with Gasteiger partial charge in [-0.25, -0.2) is 9.97 Å². The van der Waals surface area contributed by atoms with Gasteiger partial charge in [-0.15, -0.1) is 0 Å². The predicted molar refractivity (Wildman–Crippen MR) is 63.5 cm³/mol. The number of anilines is 1. The van der Waals surface area contributed by atoms with Crippen LogP contribution in [0.3, 0.4) is 0 Å². The van der Waals surface area contributed by atoms with Gasteiger partial charge in [-0.05, 0) is 24.8 Å². The summed E-state index contributed by atoms with van der Waals surface area (Å²) in [6.45, 7) is 5.50. The molecule has 2 aliphatic heterocycles. The molecule has 0 amide bonds. The number of aryl methyl sites for hydroxylation is 1. The molecule has 1 aromatic heterocycles. The SMILES string of the molecule is CCc1ccnc(N2CC[C@H]3CNC[C@@H]32)n1. The molecule has 1 aromatic rings. The van der Waals surface area contributed by atoms with E-state index in [1.807, 2.05) is 12.3 Å². The third-order valence-corrected chi connectivity index (χ3v) is 3.76. The predicted octanol–water partition coefficient (Wildman–Crippen LogP) is 0.837. The van der Waals surface area contributed by atoms with Crippen molar-refractivity contribution in [3.63, 3.8) is 0 Å². The number of aromatic nitrogens is 2. The maximum Gasteiger partial charge on any atom is 0.225 e. The number of hydrogen-bond acceptors (Lipinski definition) is 4. The van der Waals surface area contributed by atoms with Gasteiger partial charge in [0.15, 0.2) is 0 Å². The van der Waals surface area contributed by atoms with Crippen LogP contribution in [0.2, 0.25) is 0 Å². The van der Waals surface area contributed by atoms with Crippen LogP contribution in [-0.4, -0.2) is 35.6 Å². The minimum atomic E-state index is 0.618. The molecular weight excluding hydrogens is 200 g/mol. The molecule has 0 saturated carbocycles. The van der Waals surface area contributed by atoms with Crippen LogP contribution in [0.25, 0.3) is 0 Å². The molecule has 2 atom stereocenters. The van der Waals surface area contributed by atoms with Gasteiger partial charge in [-0.2, -0.15) is 0 Å². The summed E-state index contributed by atoms with van der Waals surface area (Å²) >= 11 is 0. The van der Waals surface area contributed by atoms with Crippen molar-refractivity contribution in [1.82, 2.24) is 15.3 Å². The topological polar surface area (TPSA) is 41.1 Å². The van der Waals surface area contributed by atoms with E-state index < -0.39 is 0 Å². The number of fused-ring (bicyclic) bond motifs is 1. The Hall–Kier alpha value is -1.16. The Balaban J connectivity index is 1.86. The first-order valence-corrected chi connectivity index (χ1v) is 6.17. The Morgan fingerprint density at radius 2 is 2.44 bits per heavy atom. The molecule has 4 heteroatoms. The molecule has 2 aliphatic rings. The Morgan fingerprint density at radius 3 is 3.31 bits per heavy atom. The Labute approximate surface area is 96.1 Å². The van der Waals surface area contributed by atoms with Crippen LogP contribution in [0.5, 0.6) is 0 Å². The lowest BCUT2D eigenvalue weighted by molar-refractivity contribution is 0.575. The molecule has 0 spiro atoms.